The maximum Gasteiger partial charge on any atom is 0.310 e. The van der Waals surface area contributed by atoms with Crippen LogP contribution in [0.5, 0.6) is 0 Å². The molecule has 0 radical (unpaired) electrons. The van der Waals surface area contributed by atoms with E-state index in [0.29, 0.717) is 5.92 Å². The Kier molecular flexibility index (Phi) is 4.78. The van der Waals surface area contributed by atoms with E-state index in [4.69, 9.17) is 0 Å². The van der Waals surface area contributed by atoms with Crippen LogP contribution in [0.3, 0.4) is 0 Å². The monoisotopic (exact) mass is 227 g/mol. The van der Waals surface area contributed by atoms with Crippen LogP contribution in [-0.4, -0.2) is 35.6 Å². The molecule has 0 amide bonds. The highest BCUT2D eigenvalue weighted by Crippen LogP contribution is 2.39. The molecule has 0 atom stereocenters. The summed E-state index contributed by atoms with van der Waals surface area (Å²) in [6.07, 6.45) is 3.82. The molecule has 1 N–H and O–H groups in total. The largest absolute Gasteiger partial charge is 0.481 e. The second-order valence-corrected chi connectivity index (χ2v) is 5.23. The van der Waals surface area contributed by atoms with Crippen molar-refractivity contribution in [1.29, 1.82) is 0 Å². The maximum atomic E-state index is 11.5. The Labute approximate surface area is 98.8 Å². The van der Waals surface area contributed by atoms with Crippen LogP contribution < -0.4 is 0 Å². The van der Waals surface area contributed by atoms with Gasteiger partial charge in [0.15, 0.2) is 0 Å². The summed E-state index contributed by atoms with van der Waals surface area (Å²) in [6.45, 7) is 9.04. The zero-order valence-electron chi connectivity index (χ0n) is 10.8. The molecular weight excluding hydrogens is 202 g/mol. The third kappa shape index (κ3) is 2.97. The normalized spacial score (nSPS) is 30.6. The van der Waals surface area contributed by atoms with Crippen LogP contribution in [0.1, 0.15) is 46.5 Å². The molecule has 3 nitrogen and oxygen atoms in total. The topological polar surface area (TPSA) is 40.5 Å². The van der Waals surface area contributed by atoms with E-state index in [0.717, 1.165) is 45.3 Å². The molecule has 0 aliphatic heterocycles. The van der Waals surface area contributed by atoms with Crippen molar-refractivity contribution in [2.45, 2.75) is 46.5 Å². The lowest BCUT2D eigenvalue weighted by Gasteiger charge is -2.39. The number of carbonyl (C=O) groups is 1. The van der Waals surface area contributed by atoms with Crippen LogP contribution >= 0.6 is 0 Å². The first kappa shape index (κ1) is 13.5. The third-order valence-electron chi connectivity index (χ3n) is 4.11. The Hall–Kier alpha value is -0.570. The van der Waals surface area contributed by atoms with E-state index in [1.165, 1.54) is 0 Å². The summed E-state index contributed by atoms with van der Waals surface area (Å²) in [4.78, 5) is 13.8. The van der Waals surface area contributed by atoms with Crippen LogP contribution in [0.15, 0.2) is 0 Å². The second-order valence-electron chi connectivity index (χ2n) is 5.23. The van der Waals surface area contributed by atoms with Crippen LogP contribution in [0.25, 0.3) is 0 Å². The Morgan fingerprint density at radius 1 is 1.31 bits per heavy atom. The van der Waals surface area contributed by atoms with E-state index in [1.54, 1.807) is 0 Å². The number of nitrogens with zero attached hydrogens (tertiary/aromatic N) is 1. The molecule has 0 aromatic rings. The first-order valence-electron chi connectivity index (χ1n) is 6.50. The molecule has 3 heteroatoms. The summed E-state index contributed by atoms with van der Waals surface area (Å²) in [5, 5.41) is 9.49. The maximum absolute atomic E-state index is 11.5. The van der Waals surface area contributed by atoms with Crippen molar-refractivity contribution in [3.05, 3.63) is 0 Å². The molecule has 94 valence electrons. The van der Waals surface area contributed by atoms with Gasteiger partial charge in [-0.15, -0.1) is 0 Å². The highest BCUT2D eigenvalue weighted by Gasteiger charge is 2.41. The number of aliphatic carboxylic acids is 1. The minimum absolute atomic E-state index is 0.474. The van der Waals surface area contributed by atoms with Crippen LogP contribution in [0.4, 0.5) is 0 Å². The smallest absolute Gasteiger partial charge is 0.310 e. The van der Waals surface area contributed by atoms with Gasteiger partial charge in [-0.2, -0.15) is 0 Å². The lowest BCUT2D eigenvalue weighted by molar-refractivity contribution is -0.153. The summed E-state index contributed by atoms with van der Waals surface area (Å²) in [5.41, 5.74) is -0.474. The van der Waals surface area contributed by atoms with Gasteiger partial charge in [-0.3, -0.25) is 4.79 Å². The molecule has 0 saturated heterocycles. The standard InChI is InChI=1S/C13H25NO2/c1-4-14(5-2)10-13(12(15)16)8-6-11(3)7-9-13/h11H,4-10H2,1-3H3,(H,15,16). The average molecular weight is 227 g/mol. The van der Waals surface area contributed by atoms with Gasteiger partial charge in [-0.25, -0.2) is 0 Å². The van der Waals surface area contributed by atoms with Crippen LogP contribution in [0, 0.1) is 11.3 Å². The van der Waals surface area contributed by atoms with E-state index in [1.807, 2.05) is 0 Å². The molecule has 0 spiro atoms. The number of carboxylic acids is 1. The Morgan fingerprint density at radius 3 is 2.19 bits per heavy atom. The first-order valence-corrected chi connectivity index (χ1v) is 6.50. The Morgan fingerprint density at radius 2 is 1.81 bits per heavy atom. The quantitative estimate of drug-likeness (QED) is 0.785. The molecule has 1 aliphatic carbocycles. The highest BCUT2D eigenvalue weighted by molar-refractivity contribution is 5.75. The van der Waals surface area contributed by atoms with Crippen LogP contribution in [0.2, 0.25) is 0 Å². The predicted molar refractivity (Wildman–Crippen MR) is 65.5 cm³/mol. The molecule has 0 unspecified atom stereocenters. The fraction of sp³-hybridized carbons (Fsp3) is 0.923. The Bertz CT molecular complexity index is 228. The Balaban J connectivity index is 2.69. The molecule has 0 aromatic carbocycles. The van der Waals surface area contributed by atoms with Gasteiger partial charge in [0.1, 0.15) is 0 Å². The zero-order valence-corrected chi connectivity index (χ0v) is 10.8. The van der Waals surface area contributed by atoms with Crippen molar-refractivity contribution in [2.75, 3.05) is 19.6 Å². The zero-order chi connectivity index (χ0) is 12.2. The van der Waals surface area contributed by atoms with E-state index < -0.39 is 11.4 Å². The molecule has 16 heavy (non-hydrogen) atoms. The predicted octanol–water partition coefficient (Wildman–Crippen LogP) is 2.61. The lowest BCUT2D eigenvalue weighted by atomic mass is 9.70. The number of hydrogen-bond acceptors (Lipinski definition) is 2. The number of rotatable bonds is 5. The van der Waals surface area contributed by atoms with Crippen molar-refractivity contribution in [1.82, 2.24) is 4.90 Å². The second kappa shape index (κ2) is 5.67. The molecule has 1 rings (SSSR count). The SMILES string of the molecule is CCN(CC)CC1(C(=O)O)CCC(C)CC1. The van der Waals surface area contributed by atoms with E-state index in [-0.39, 0.29) is 0 Å². The summed E-state index contributed by atoms with van der Waals surface area (Å²) in [7, 11) is 0. The summed E-state index contributed by atoms with van der Waals surface area (Å²) < 4.78 is 0. The van der Waals surface area contributed by atoms with Gasteiger partial charge in [-0.05, 0) is 44.7 Å². The fourth-order valence-electron chi connectivity index (χ4n) is 2.63. The van der Waals surface area contributed by atoms with Crippen molar-refractivity contribution >= 4 is 5.97 Å². The van der Waals surface area contributed by atoms with Crippen molar-refractivity contribution in [2.24, 2.45) is 11.3 Å². The third-order valence-corrected chi connectivity index (χ3v) is 4.11. The van der Waals surface area contributed by atoms with Gasteiger partial charge in [-0.1, -0.05) is 20.8 Å². The highest BCUT2D eigenvalue weighted by atomic mass is 16.4. The fourth-order valence-corrected chi connectivity index (χ4v) is 2.63. The molecule has 0 bridgehead atoms. The molecule has 1 saturated carbocycles. The molecular formula is C13H25NO2. The van der Waals surface area contributed by atoms with E-state index in [2.05, 4.69) is 25.7 Å². The summed E-state index contributed by atoms with van der Waals surface area (Å²) in [6, 6.07) is 0. The van der Waals surface area contributed by atoms with Gasteiger partial charge in [0.25, 0.3) is 0 Å². The lowest BCUT2D eigenvalue weighted by Crippen LogP contribution is -2.45. The van der Waals surface area contributed by atoms with Gasteiger partial charge in [0.05, 0.1) is 5.41 Å². The molecule has 1 aliphatic rings. The van der Waals surface area contributed by atoms with Crippen molar-refractivity contribution in [3.8, 4) is 0 Å². The van der Waals surface area contributed by atoms with Crippen molar-refractivity contribution < 1.29 is 9.90 Å². The van der Waals surface area contributed by atoms with Gasteiger partial charge in [0, 0.05) is 6.54 Å². The summed E-state index contributed by atoms with van der Waals surface area (Å²) in [5.74, 6) is 0.107. The first-order chi connectivity index (χ1) is 7.54. The summed E-state index contributed by atoms with van der Waals surface area (Å²) >= 11 is 0. The van der Waals surface area contributed by atoms with E-state index in [9.17, 15) is 9.90 Å². The minimum Gasteiger partial charge on any atom is -0.481 e. The van der Waals surface area contributed by atoms with E-state index >= 15 is 0 Å². The molecule has 1 fully saturated rings. The number of hydrogen-bond donors (Lipinski definition) is 1. The molecule has 0 heterocycles. The molecule has 0 aromatic heterocycles. The number of carboxylic acid groups (broad SMARTS) is 1. The van der Waals surface area contributed by atoms with Crippen LogP contribution in [-0.2, 0) is 4.79 Å². The van der Waals surface area contributed by atoms with Gasteiger partial charge >= 0.3 is 5.97 Å². The minimum atomic E-state index is -0.591. The van der Waals surface area contributed by atoms with Gasteiger partial charge < -0.3 is 10.0 Å². The van der Waals surface area contributed by atoms with Gasteiger partial charge in [0.2, 0.25) is 0 Å². The van der Waals surface area contributed by atoms with Crippen molar-refractivity contribution in [3.63, 3.8) is 0 Å². The average Bonchev–Trinajstić information content (AvgIpc) is 2.28.